The highest BCUT2D eigenvalue weighted by Crippen LogP contribution is 2.19. The van der Waals surface area contributed by atoms with Crippen molar-refractivity contribution in [2.45, 2.75) is 25.5 Å². The molecule has 0 spiro atoms. The van der Waals surface area contributed by atoms with Gasteiger partial charge in [-0.3, -0.25) is 4.68 Å². The number of aromatic nitrogens is 2. The summed E-state index contributed by atoms with van der Waals surface area (Å²) in [7, 11) is 0. The van der Waals surface area contributed by atoms with E-state index in [0.29, 0.717) is 24.7 Å². The minimum atomic E-state index is -0.433. The Morgan fingerprint density at radius 1 is 1.50 bits per heavy atom. The van der Waals surface area contributed by atoms with Crippen molar-refractivity contribution >= 4 is 5.69 Å². The topological polar surface area (TPSA) is 87.5 Å². The summed E-state index contributed by atoms with van der Waals surface area (Å²) in [4.78, 5) is 2.25. The van der Waals surface area contributed by atoms with Crippen molar-refractivity contribution in [2.75, 3.05) is 32.0 Å². The molecule has 0 bridgehead atoms. The molecule has 0 radical (unpaired) electrons. The number of nitrogens with two attached hydrogens (primary N) is 1. The van der Waals surface area contributed by atoms with Crippen LogP contribution in [0.5, 0.6) is 0 Å². The molecule has 2 rings (SSSR count). The van der Waals surface area contributed by atoms with Crippen LogP contribution < -0.4 is 5.73 Å². The summed E-state index contributed by atoms with van der Waals surface area (Å²) < 4.78 is 1.67. The molecule has 1 aliphatic rings. The quantitative estimate of drug-likeness (QED) is 0.639. The Morgan fingerprint density at radius 3 is 3.00 bits per heavy atom. The number of likely N-dealkylation sites (tertiary alicyclic amines) is 1. The second-order valence-electron chi connectivity index (χ2n) is 5.08. The summed E-state index contributed by atoms with van der Waals surface area (Å²) in [6.45, 7) is 3.36. The predicted octanol–water partition coefficient (Wildman–Crippen LogP) is -0.470. The Balaban J connectivity index is 1.73. The highest BCUT2D eigenvalue weighted by Gasteiger charge is 2.23. The van der Waals surface area contributed by atoms with Crippen molar-refractivity contribution < 1.29 is 10.2 Å². The molecule has 2 unspecified atom stereocenters. The van der Waals surface area contributed by atoms with Crippen LogP contribution in [0.25, 0.3) is 0 Å². The molecule has 18 heavy (non-hydrogen) atoms. The van der Waals surface area contributed by atoms with Gasteiger partial charge in [-0.05, 0) is 25.3 Å². The average Bonchev–Trinajstić information content (AvgIpc) is 2.89. The standard InChI is InChI=1S/C12H22N4O2/c13-11-5-14-16(7-11)9-12(18)8-15-3-1-10(6-15)2-4-17/h5,7,10,12,17-18H,1-4,6,8-9,13H2. The summed E-state index contributed by atoms with van der Waals surface area (Å²) in [5, 5.41) is 23.0. The van der Waals surface area contributed by atoms with E-state index in [1.54, 1.807) is 17.1 Å². The van der Waals surface area contributed by atoms with E-state index in [-0.39, 0.29) is 6.61 Å². The Bertz CT molecular complexity index is 369. The number of aliphatic hydroxyl groups excluding tert-OH is 2. The van der Waals surface area contributed by atoms with Crippen LogP contribution in [-0.4, -0.2) is 57.2 Å². The Hall–Kier alpha value is -1.11. The monoisotopic (exact) mass is 254 g/mol. The third-order valence-electron chi connectivity index (χ3n) is 3.43. The highest BCUT2D eigenvalue weighted by molar-refractivity contribution is 5.30. The second-order valence-corrected chi connectivity index (χ2v) is 5.08. The van der Waals surface area contributed by atoms with E-state index in [4.69, 9.17) is 10.8 Å². The summed E-state index contributed by atoms with van der Waals surface area (Å²) in [6, 6.07) is 0. The van der Waals surface area contributed by atoms with Crippen molar-refractivity contribution in [1.82, 2.24) is 14.7 Å². The molecule has 0 aliphatic carbocycles. The summed E-state index contributed by atoms with van der Waals surface area (Å²) in [5.41, 5.74) is 6.19. The van der Waals surface area contributed by atoms with E-state index >= 15 is 0 Å². The first-order chi connectivity index (χ1) is 8.67. The predicted molar refractivity (Wildman–Crippen MR) is 68.9 cm³/mol. The first-order valence-electron chi connectivity index (χ1n) is 6.46. The van der Waals surface area contributed by atoms with Crippen molar-refractivity contribution in [2.24, 2.45) is 5.92 Å². The van der Waals surface area contributed by atoms with Gasteiger partial charge in [0, 0.05) is 25.9 Å². The highest BCUT2D eigenvalue weighted by atomic mass is 16.3. The van der Waals surface area contributed by atoms with Crippen molar-refractivity contribution in [3.63, 3.8) is 0 Å². The molecule has 4 N–H and O–H groups in total. The van der Waals surface area contributed by atoms with Crippen LogP contribution in [-0.2, 0) is 6.54 Å². The minimum absolute atomic E-state index is 0.258. The Kier molecular flexibility index (Phi) is 4.57. The third kappa shape index (κ3) is 3.69. The van der Waals surface area contributed by atoms with Gasteiger partial charge < -0.3 is 20.8 Å². The van der Waals surface area contributed by atoms with E-state index in [1.165, 1.54) is 0 Å². The lowest BCUT2D eigenvalue weighted by atomic mass is 10.1. The summed E-state index contributed by atoms with van der Waals surface area (Å²) in [5.74, 6) is 0.572. The van der Waals surface area contributed by atoms with Crippen LogP contribution in [0.2, 0.25) is 0 Å². The average molecular weight is 254 g/mol. The zero-order chi connectivity index (χ0) is 13.0. The van der Waals surface area contributed by atoms with Gasteiger partial charge in [0.2, 0.25) is 0 Å². The molecular formula is C12H22N4O2. The van der Waals surface area contributed by atoms with Crippen molar-refractivity contribution in [1.29, 1.82) is 0 Å². The zero-order valence-electron chi connectivity index (χ0n) is 10.6. The molecule has 6 heteroatoms. The Morgan fingerprint density at radius 2 is 2.33 bits per heavy atom. The van der Waals surface area contributed by atoms with E-state index in [0.717, 1.165) is 25.9 Å². The molecule has 102 valence electrons. The lowest BCUT2D eigenvalue weighted by Crippen LogP contribution is -2.33. The number of hydrogen-bond donors (Lipinski definition) is 3. The van der Waals surface area contributed by atoms with Gasteiger partial charge in [-0.2, -0.15) is 5.10 Å². The lowest BCUT2D eigenvalue weighted by molar-refractivity contribution is 0.103. The fourth-order valence-corrected chi connectivity index (χ4v) is 2.55. The molecule has 0 aromatic carbocycles. The normalized spacial score (nSPS) is 22.4. The van der Waals surface area contributed by atoms with Gasteiger partial charge in [0.05, 0.1) is 24.5 Å². The largest absolute Gasteiger partial charge is 0.396 e. The maximum atomic E-state index is 10.00. The molecular weight excluding hydrogens is 232 g/mol. The smallest absolute Gasteiger partial charge is 0.0862 e. The number of nitrogens with zero attached hydrogens (tertiary/aromatic N) is 3. The van der Waals surface area contributed by atoms with Crippen LogP contribution in [0.3, 0.4) is 0 Å². The fraction of sp³-hybridized carbons (Fsp3) is 0.750. The van der Waals surface area contributed by atoms with Gasteiger partial charge in [-0.25, -0.2) is 0 Å². The number of rotatable bonds is 6. The number of anilines is 1. The number of aliphatic hydroxyl groups is 2. The van der Waals surface area contributed by atoms with Gasteiger partial charge >= 0.3 is 0 Å². The third-order valence-corrected chi connectivity index (χ3v) is 3.43. The first kappa shape index (κ1) is 13.3. The molecule has 2 heterocycles. The van der Waals surface area contributed by atoms with Crippen LogP contribution in [0.15, 0.2) is 12.4 Å². The zero-order valence-corrected chi connectivity index (χ0v) is 10.6. The van der Waals surface area contributed by atoms with Gasteiger partial charge in [0.15, 0.2) is 0 Å². The van der Waals surface area contributed by atoms with E-state index < -0.39 is 6.10 Å². The second kappa shape index (κ2) is 6.17. The van der Waals surface area contributed by atoms with Crippen LogP contribution in [0.4, 0.5) is 5.69 Å². The molecule has 0 saturated carbocycles. The minimum Gasteiger partial charge on any atom is -0.396 e. The first-order valence-corrected chi connectivity index (χ1v) is 6.46. The Labute approximate surface area is 107 Å². The number of nitrogen functional groups attached to an aromatic ring is 1. The summed E-state index contributed by atoms with van der Waals surface area (Å²) >= 11 is 0. The van der Waals surface area contributed by atoms with Gasteiger partial charge in [0.1, 0.15) is 0 Å². The SMILES string of the molecule is Nc1cnn(CC(O)CN2CCC(CCO)C2)c1. The van der Waals surface area contributed by atoms with Crippen LogP contribution in [0.1, 0.15) is 12.8 Å². The summed E-state index contributed by atoms with van der Waals surface area (Å²) in [6.07, 6.45) is 4.85. The van der Waals surface area contributed by atoms with Gasteiger partial charge in [-0.15, -0.1) is 0 Å². The molecule has 6 nitrogen and oxygen atoms in total. The van der Waals surface area contributed by atoms with Crippen LogP contribution >= 0.6 is 0 Å². The lowest BCUT2D eigenvalue weighted by Gasteiger charge is -2.20. The van der Waals surface area contributed by atoms with Crippen molar-refractivity contribution in [3.05, 3.63) is 12.4 Å². The van der Waals surface area contributed by atoms with Crippen LogP contribution in [0, 0.1) is 5.92 Å². The van der Waals surface area contributed by atoms with E-state index in [9.17, 15) is 5.11 Å². The molecule has 2 atom stereocenters. The molecule has 1 fully saturated rings. The molecule has 1 aromatic heterocycles. The van der Waals surface area contributed by atoms with E-state index in [2.05, 4.69) is 10.00 Å². The molecule has 1 saturated heterocycles. The van der Waals surface area contributed by atoms with Gasteiger partial charge in [0.25, 0.3) is 0 Å². The number of β-amino-alcohol motifs (C(OH)–C–C–N with tert-alkyl or cyclic N) is 1. The fourth-order valence-electron chi connectivity index (χ4n) is 2.55. The maximum Gasteiger partial charge on any atom is 0.0862 e. The number of hydrogen-bond acceptors (Lipinski definition) is 5. The van der Waals surface area contributed by atoms with E-state index in [1.807, 2.05) is 0 Å². The molecule has 1 aromatic rings. The molecule has 1 aliphatic heterocycles. The maximum absolute atomic E-state index is 10.00. The van der Waals surface area contributed by atoms with Gasteiger partial charge in [-0.1, -0.05) is 0 Å². The molecule has 0 amide bonds. The van der Waals surface area contributed by atoms with Crippen molar-refractivity contribution in [3.8, 4) is 0 Å².